The van der Waals surface area contributed by atoms with Crippen molar-refractivity contribution in [1.82, 2.24) is 5.32 Å². The quantitative estimate of drug-likeness (QED) is 0.540. The number of hydrogen-bond acceptors (Lipinski definition) is 3. The van der Waals surface area contributed by atoms with E-state index in [0.29, 0.717) is 12.2 Å². The molecule has 1 amide bonds. The van der Waals surface area contributed by atoms with Crippen LogP contribution in [-0.4, -0.2) is 12.5 Å². The summed E-state index contributed by atoms with van der Waals surface area (Å²) in [4.78, 5) is 11.1. The Bertz CT molecular complexity index is 219. The first-order valence-corrected chi connectivity index (χ1v) is 4.18. The maximum atomic E-state index is 11.1. The van der Waals surface area contributed by atoms with Crippen LogP contribution in [0, 0.1) is 5.92 Å². The zero-order valence-electron chi connectivity index (χ0n) is 8.08. The van der Waals surface area contributed by atoms with Crippen LogP contribution in [0.4, 0.5) is 0 Å². The number of carbonyl (C=O) groups excluding carboxylic acids is 1. The average Bonchev–Trinajstić information content (AvgIpc) is 2.10. The molecular weight excluding hydrogens is 166 g/mol. The predicted octanol–water partition coefficient (Wildman–Crippen LogP) is 0.0736. The van der Waals surface area contributed by atoms with Gasteiger partial charge in [-0.25, -0.2) is 0 Å². The fourth-order valence-corrected chi connectivity index (χ4v) is 0.631. The van der Waals surface area contributed by atoms with Crippen LogP contribution in [-0.2, 0) is 4.79 Å². The van der Waals surface area contributed by atoms with Crippen molar-refractivity contribution in [2.75, 3.05) is 6.54 Å². The lowest BCUT2D eigenvalue weighted by Gasteiger charge is -2.06. The molecule has 0 aliphatic heterocycles. The number of nitrogens with one attached hydrogen (secondary N) is 1. The molecule has 13 heavy (non-hydrogen) atoms. The van der Waals surface area contributed by atoms with E-state index < -0.39 is 0 Å². The zero-order chi connectivity index (χ0) is 10.3. The molecule has 0 radical (unpaired) electrons. The number of allylic oxidation sites excluding steroid dienone is 2. The third-order valence-electron chi connectivity index (χ3n) is 1.41. The predicted molar refractivity (Wildman–Crippen MR) is 53.4 cm³/mol. The van der Waals surface area contributed by atoms with E-state index in [9.17, 15) is 4.79 Å². The summed E-state index contributed by atoms with van der Waals surface area (Å²) in [7, 11) is 0. The largest absolute Gasteiger partial charge is 0.405 e. The molecule has 0 atom stereocenters. The first-order valence-electron chi connectivity index (χ1n) is 4.18. The minimum atomic E-state index is -0.0159. The van der Waals surface area contributed by atoms with Crippen LogP contribution in [0.3, 0.4) is 0 Å². The fourth-order valence-electron chi connectivity index (χ4n) is 0.631. The molecule has 0 bridgehead atoms. The Morgan fingerprint density at radius 1 is 1.54 bits per heavy atom. The summed E-state index contributed by atoms with van der Waals surface area (Å²) < 4.78 is 0. The van der Waals surface area contributed by atoms with E-state index >= 15 is 0 Å². The molecule has 0 saturated carbocycles. The van der Waals surface area contributed by atoms with Gasteiger partial charge in [-0.15, -0.1) is 0 Å². The van der Waals surface area contributed by atoms with Gasteiger partial charge in [-0.05, 0) is 18.4 Å². The molecule has 0 aromatic heterocycles. The van der Waals surface area contributed by atoms with Crippen LogP contribution < -0.4 is 16.8 Å². The average molecular weight is 183 g/mol. The van der Waals surface area contributed by atoms with Crippen molar-refractivity contribution in [3.8, 4) is 0 Å². The van der Waals surface area contributed by atoms with Crippen molar-refractivity contribution in [2.45, 2.75) is 13.8 Å². The highest BCUT2D eigenvalue weighted by molar-refractivity contribution is 5.78. The van der Waals surface area contributed by atoms with Crippen molar-refractivity contribution in [3.63, 3.8) is 0 Å². The summed E-state index contributed by atoms with van der Waals surface area (Å²) in [5, 5.41) is 2.68. The van der Waals surface area contributed by atoms with Crippen molar-refractivity contribution < 1.29 is 4.79 Å². The van der Waals surface area contributed by atoms with Crippen LogP contribution in [0.15, 0.2) is 24.0 Å². The van der Waals surface area contributed by atoms with Gasteiger partial charge in [0.25, 0.3) is 0 Å². The van der Waals surface area contributed by atoms with Gasteiger partial charge >= 0.3 is 0 Å². The monoisotopic (exact) mass is 183 g/mol. The molecular formula is C9H17N3O. The molecule has 4 nitrogen and oxygen atoms in total. The molecule has 0 heterocycles. The van der Waals surface area contributed by atoms with Gasteiger partial charge in [-0.3, -0.25) is 4.79 Å². The first-order chi connectivity index (χ1) is 6.07. The molecule has 0 unspecified atom stereocenters. The van der Waals surface area contributed by atoms with Crippen molar-refractivity contribution >= 4 is 5.91 Å². The molecule has 0 rings (SSSR count). The van der Waals surface area contributed by atoms with Crippen molar-refractivity contribution in [1.29, 1.82) is 0 Å². The van der Waals surface area contributed by atoms with Crippen LogP contribution >= 0.6 is 0 Å². The van der Waals surface area contributed by atoms with Gasteiger partial charge in [-0.2, -0.15) is 0 Å². The summed E-state index contributed by atoms with van der Waals surface area (Å²) in [6.07, 6.45) is 4.66. The van der Waals surface area contributed by atoms with Crippen LogP contribution in [0.1, 0.15) is 13.8 Å². The number of hydrogen-bond donors (Lipinski definition) is 3. The van der Waals surface area contributed by atoms with Gasteiger partial charge in [0.1, 0.15) is 0 Å². The lowest BCUT2D eigenvalue weighted by atomic mass is 10.2. The van der Waals surface area contributed by atoms with Crippen LogP contribution in [0.2, 0.25) is 0 Å². The second-order valence-electron chi connectivity index (χ2n) is 3.00. The second kappa shape index (κ2) is 6.11. The maximum absolute atomic E-state index is 11.1. The third kappa shape index (κ3) is 5.78. The zero-order valence-corrected chi connectivity index (χ0v) is 8.08. The highest BCUT2D eigenvalue weighted by Gasteiger charge is 2.04. The van der Waals surface area contributed by atoms with Gasteiger partial charge in [0.15, 0.2) is 0 Å². The normalized spacial score (nSPS) is 12.4. The molecule has 0 aromatic carbocycles. The highest BCUT2D eigenvalue weighted by atomic mass is 16.1. The van der Waals surface area contributed by atoms with Gasteiger partial charge in [0.2, 0.25) is 5.91 Å². The Kier molecular flexibility index (Phi) is 5.43. The van der Waals surface area contributed by atoms with E-state index in [-0.39, 0.29) is 11.8 Å². The highest BCUT2D eigenvalue weighted by Crippen LogP contribution is 1.91. The molecule has 0 aromatic rings. The Balaban J connectivity index is 3.82. The first kappa shape index (κ1) is 11.6. The van der Waals surface area contributed by atoms with Crippen molar-refractivity contribution in [3.05, 3.63) is 24.0 Å². The SMILES string of the molecule is CC(C)C(=O)NC/C(N)=C/C=C\N. The number of nitrogens with two attached hydrogens (primary N) is 2. The van der Waals surface area contributed by atoms with Gasteiger partial charge in [0.05, 0.1) is 6.54 Å². The van der Waals surface area contributed by atoms with Crippen LogP contribution in [0.5, 0.6) is 0 Å². The Morgan fingerprint density at radius 3 is 2.62 bits per heavy atom. The second-order valence-corrected chi connectivity index (χ2v) is 3.00. The number of carbonyl (C=O) groups is 1. The smallest absolute Gasteiger partial charge is 0.222 e. The lowest BCUT2D eigenvalue weighted by Crippen LogP contribution is -2.31. The molecule has 5 N–H and O–H groups in total. The number of amides is 1. The molecule has 0 spiro atoms. The summed E-state index contributed by atoms with van der Waals surface area (Å²) in [6, 6.07) is 0. The minimum Gasteiger partial charge on any atom is -0.405 e. The maximum Gasteiger partial charge on any atom is 0.222 e. The third-order valence-corrected chi connectivity index (χ3v) is 1.41. The molecule has 0 fully saturated rings. The van der Waals surface area contributed by atoms with E-state index in [1.54, 1.807) is 12.2 Å². The molecule has 4 heteroatoms. The van der Waals surface area contributed by atoms with Gasteiger partial charge < -0.3 is 16.8 Å². The van der Waals surface area contributed by atoms with E-state index in [1.165, 1.54) is 6.20 Å². The Morgan fingerprint density at radius 2 is 2.15 bits per heavy atom. The molecule has 0 aliphatic carbocycles. The lowest BCUT2D eigenvalue weighted by molar-refractivity contribution is -0.123. The number of rotatable bonds is 4. The van der Waals surface area contributed by atoms with E-state index in [2.05, 4.69) is 5.32 Å². The molecule has 74 valence electrons. The Hall–Kier alpha value is -1.45. The standard InChI is InChI=1S/C9H17N3O/c1-7(2)9(13)12-6-8(11)4-3-5-10/h3-5,7H,6,10-11H2,1-2H3,(H,12,13)/b5-3-,8-4-. The van der Waals surface area contributed by atoms with E-state index in [1.807, 2.05) is 13.8 Å². The van der Waals surface area contributed by atoms with E-state index in [0.717, 1.165) is 0 Å². The Labute approximate surface area is 78.7 Å². The summed E-state index contributed by atoms with van der Waals surface area (Å²) >= 11 is 0. The summed E-state index contributed by atoms with van der Waals surface area (Å²) in [5.41, 5.74) is 11.2. The van der Waals surface area contributed by atoms with Crippen LogP contribution in [0.25, 0.3) is 0 Å². The van der Waals surface area contributed by atoms with E-state index in [4.69, 9.17) is 11.5 Å². The van der Waals surface area contributed by atoms with Crippen molar-refractivity contribution in [2.24, 2.45) is 17.4 Å². The molecule has 0 aliphatic rings. The topological polar surface area (TPSA) is 81.1 Å². The van der Waals surface area contributed by atoms with Gasteiger partial charge in [0, 0.05) is 11.6 Å². The fraction of sp³-hybridized carbons (Fsp3) is 0.444. The summed E-state index contributed by atoms with van der Waals surface area (Å²) in [5.74, 6) is -0.0223. The minimum absolute atomic E-state index is 0.00641. The van der Waals surface area contributed by atoms with Gasteiger partial charge in [-0.1, -0.05) is 13.8 Å². The molecule has 0 saturated heterocycles. The summed E-state index contributed by atoms with van der Waals surface area (Å²) in [6.45, 7) is 4.02.